The molecule has 1 saturated heterocycles. The summed E-state index contributed by atoms with van der Waals surface area (Å²) in [7, 11) is 1.61. The molecule has 2 heterocycles. The first kappa shape index (κ1) is 22.7. The van der Waals surface area contributed by atoms with E-state index in [1.54, 1.807) is 7.11 Å². The molecular weight excluding hydrogens is 382 g/mol. The minimum Gasteiger partial charge on any atom is -0.389 e. The number of methoxy groups -OCH3 is 1. The Morgan fingerprint density at radius 3 is 2.63 bits per heavy atom. The van der Waals surface area contributed by atoms with Crippen molar-refractivity contribution in [2.45, 2.75) is 45.4 Å². The van der Waals surface area contributed by atoms with E-state index >= 15 is 0 Å². The number of hydrogen-bond acceptors (Lipinski definition) is 7. The largest absolute Gasteiger partial charge is 0.389 e. The number of benzene rings is 1. The van der Waals surface area contributed by atoms with E-state index in [-0.39, 0.29) is 6.10 Å². The van der Waals surface area contributed by atoms with Gasteiger partial charge in [-0.1, -0.05) is 35.5 Å². The number of ether oxygens (including phenoxy) is 2. The van der Waals surface area contributed by atoms with Gasteiger partial charge in [0.25, 0.3) is 0 Å². The molecule has 166 valence electrons. The minimum absolute atomic E-state index is 0.191. The second-order valence-corrected chi connectivity index (χ2v) is 7.79. The SMILES string of the molecule is CCN(CC)c1onc(-c2ccccc2)c1CN(C[C@@H](O)COC)C[C@H]1CCCO1. The molecule has 1 aliphatic rings. The second kappa shape index (κ2) is 11.5. The van der Waals surface area contributed by atoms with Crippen molar-refractivity contribution in [2.75, 3.05) is 51.4 Å². The molecule has 0 bridgehead atoms. The number of aliphatic hydroxyl groups is 1. The first-order valence-electron chi connectivity index (χ1n) is 11.0. The number of nitrogens with zero attached hydrogens (tertiary/aromatic N) is 3. The van der Waals surface area contributed by atoms with Crippen LogP contribution in [0.3, 0.4) is 0 Å². The molecule has 1 aromatic heterocycles. The highest BCUT2D eigenvalue weighted by Crippen LogP contribution is 2.32. The van der Waals surface area contributed by atoms with E-state index in [1.165, 1.54) is 0 Å². The fraction of sp³-hybridized carbons (Fsp3) is 0.609. The summed E-state index contributed by atoms with van der Waals surface area (Å²) >= 11 is 0. The molecule has 7 heteroatoms. The highest BCUT2D eigenvalue weighted by molar-refractivity contribution is 5.68. The fourth-order valence-corrected chi connectivity index (χ4v) is 4.07. The molecule has 0 spiro atoms. The third-order valence-electron chi connectivity index (χ3n) is 5.56. The molecule has 2 aromatic rings. The summed E-state index contributed by atoms with van der Waals surface area (Å²) in [6, 6.07) is 10.1. The van der Waals surface area contributed by atoms with Crippen molar-refractivity contribution in [2.24, 2.45) is 0 Å². The maximum absolute atomic E-state index is 10.4. The lowest BCUT2D eigenvalue weighted by Gasteiger charge is -2.28. The molecule has 2 atom stereocenters. The van der Waals surface area contributed by atoms with Gasteiger partial charge in [0.15, 0.2) is 0 Å². The Balaban J connectivity index is 1.91. The van der Waals surface area contributed by atoms with Crippen LogP contribution in [0.25, 0.3) is 11.3 Å². The summed E-state index contributed by atoms with van der Waals surface area (Å²) < 4.78 is 16.9. The van der Waals surface area contributed by atoms with E-state index < -0.39 is 6.10 Å². The lowest BCUT2D eigenvalue weighted by molar-refractivity contribution is 0.0157. The molecule has 0 aliphatic carbocycles. The van der Waals surface area contributed by atoms with Crippen molar-refractivity contribution >= 4 is 5.88 Å². The van der Waals surface area contributed by atoms with E-state index in [2.05, 4.69) is 40.9 Å². The fourth-order valence-electron chi connectivity index (χ4n) is 4.07. The van der Waals surface area contributed by atoms with Crippen molar-refractivity contribution < 1.29 is 19.1 Å². The van der Waals surface area contributed by atoms with Crippen LogP contribution >= 0.6 is 0 Å². The first-order valence-corrected chi connectivity index (χ1v) is 11.0. The van der Waals surface area contributed by atoms with Crippen molar-refractivity contribution in [3.63, 3.8) is 0 Å². The summed E-state index contributed by atoms with van der Waals surface area (Å²) in [5, 5.41) is 14.9. The van der Waals surface area contributed by atoms with Gasteiger partial charge in [-0.15, -0.1) is 0 Å². The van der Waals surface area contributed by atoms with E-state index in [9.17, 15) is 5.11 Å². The van der Waals surface area contributed by atoms with Gasteiger partial charge in [0, 0.05) is 52.0 Å². The monoisotopic (exact) mass is 417 g/mol. The summed E-state index contributed by atoms with van der Waals surface area (Å²) in [5.41, 5.74) is 2.94. The van der Waals surface area contributed by atoms with Crippen LogP contribution in [0, 0.1) is 0 Å². The van der Waals surface area contributed by atoms with Crippen LogP contribution < -0.4 is 4.90 Å². The van der Waals surface area contributed by atoms with Gasteiger partial charge in [-0.2, -0.15) is 0 Å². The van der Waals surface area contributed by atoms with Gasteiger partial charge in [0.2, 0.25) is 5.88 Å². The molecule has 0 unspecified atom stereocenters. The smallest absolute Gasteiger partial charge is 0.232 e. The Labute approximate surface area is 179 Å². The molecule has 0 radical (unpaired) electrons. The normalized spacial score (nSPS) is 17.6. The number of hydrogen-bond donors (Lipinski definition) is 1. The molecular formula is C23H35N3O4. The third-order valence-corrected chi connectivity index (χ3v) is 5.56. The number of aromatic nitrogens is 1. The Morgan fingerprint density at radius 1 is 1.23 bits per heavy atom. The Hall–Kier alpha value is -1.93. The molecule has 0 amide bonds. The molecule has 3 rings (SSSR count). The van der Waals surface area contributed by atoms with Gasteiger partial charge in [-0.3, -0.25) is 4.90 Å². The van der Waals surface area contributed by atoms with Crippen molar-refractivity contribution in [1.29, 1.82) is 0 Å². The van der Waals surface area contributed by atoms with Gasteiger partial charge in [-0.25, -0.2) is 0 Å². The summed E-state index contributed by atoms with van der Waals surface area (Å²) in [4.78, 5) is 4.43. The van der Waals surface area contributed by atoms with Gasteiger partial charge in [0.1, 0.15) is 5.69 Å². The molecule has 1 aromatic carbocycles. The maximum atomic E-state index is 10.4. The highest BCUT2D eigenvalue weighted by Gasteiger charge is 2.27. The lowest BCUT2D eigenvalue weighted by Crippen LogP contribution is -2.39. The zero-order valence-electron chi connectivity index (χ0n) is 18.4. The van der Waals surface area contributed by atoms with E-state index in [0.29, 0.717) is 19.7 Å². The van der Waals surface area contributed by atoms with E-state index in [1.807, 2.05) is 18.2 Å². The van der Waals surface area contributed by atoms with Crippen LogP contribution in [0.2, 0.25) is 0 Å². The third kappa shape index (κ3) is 5.82. The first-order chi connectivity index (χ1) is 14.7. The maximum Gasteiger partial charge on any atom is 0.232 e. The second-order valence-electron chi connectivity index (χ2n) is 7.79. The van der Waals surface area contributed by atoms with Gasteiger partial charge in [0.05, 0.1) is 24.4 Å². The average molecular weight is 418 g/mol. The lowest BCUT2D eigenvalue weighted by atomic mass is 10.1. The van der Waals surface area contributed by atoms with Gasteiger partial charge in [-0.05, 0) is 26.7 Å². The number of rotatable bonds is 12. The summed E-state index contributed by atoms with van der Waals surface area (Å²) in [6.45, 7) is 8.92. The van der Waals surface area contributed by atoms with Crippen molar-refractivity contribution in [1.82, 2.24) is 10.1 Å². The number of aliphatic hydroxyl groups excluding tert-OH is 1. The average Bonchev–Trinajstić information content (AvgIpc) is 3.40. The van der Waals surface area contributed by atoms with E-state index in [4.69, 9.17) is 14.0 Å². The molecule has 1 fully saturated rings. The predicted molar refractivity (Wildman–Crippen MR) is 118 cm³/mol. The van der Waals surface area contributed by atoms with Crippen molar-refractivity contribution in [3.8, 4) is 11.3 Å². The standard InChI is InChI=1S/C23H35N3O4/c1-4-26(5-2)23-21(22(24-30-23)18-10-7-6-8-11-18)16-25(14-19(27)17-28-3)15-20-12-9-13-29-20/h6-8,10-11,19-20,27H,4-5,9,12-17H2,1-3H3/t19-,20-/m1/s1. The Morgan fingerprint density at radius 2 is 2.00 bits per heavy atom. The Kier molecular flexibility index (Phi) is 8.69. The van der Waals surface area contributed by atoms with E-state index in [0.717, 1.165) is 61.8 Å². The quantitative estimate of drug-likeness (QED) is 0.569. The minimum atomic E-state index is -0.562. The van der Waals surface area contributed by atoms with Crippen LogP contribution in [-0.2, 0) is 16.0 Å². The zero-order chi connectivity index (χ0) is 21.3. The molecule has 1 aliphatic heterocycles. The van der Waals surface area contributed by atoms with Crippen LogP contribution in [0.1, 0.15) is 32.3 Å². The van der Waals surface area contributed by atoms with Crippen LogP contribution in [0.4, 0.5) is 5.88 Å². The van der Waals surface area contributed by atoms with Crippen molar-refractivity contribution in [3.05, 3.63) is 35.9 Å². The Bertz CT molecular complexity index is 742. The predicted octanol–water partition coefficient (Wildman–Crippen LogP) is 3.18. The van der Waals surface area contributed by atoms with Crippen LogP contribution in [0.5, 0.6) is 0 Å². The van der Waals surface area contributed by atoms with Gasteiger partial charge >= 0.3 is 0 Å². The zero-order valence-corrected chi connectivity index (χ0v) is 18.4. The molecule has 30 heavy (non-hydrogen) atoms. The van der Waals surface area contributed by atoms with Crippen LogP contribution in [-0.4, -0.2) is 73.9 Å². The van der Waals surface area contributed by atoms with Crippen LogP contribution in [0.15, 0.2) is 34.9 Å². The number of anilines is 1. The molecule has 7 nitrogen and oxygen atoms in total. The molecule has 0 saturated carbocycles. The highest BCUT2D eigenvalue weighted by atomic mass is 16.5. The molecule has 1 N–H and O–H groups in total. The van der Waals surface area contributed by atoms with Gasteiger partial charge < -0.3 is 24.0 Å². The topological polar surface area (TPSA) is 71.2 Å². The summed E-state index contributed by atoms with van der Waals surface area (Å²) in [5.74, 6) is 0.803. The summed E-state index contributed by atoms with van der Waals surface area (Å²) in [6.07, 6.45) is 1.77.